The third kappa shape index (κ3) is 4.49. The maximum atomic E-state index is 14.8. The summed E-state index contributed by atoms with van der Waals surface area (Å²) in [6, 6.07) is 5.67. The van der Waals surface area contributed by atoms with Gasteiger partial charge in [-0.05, 0) is 65.2 Å². The van der Waals surface area contributed by atoms with Gasteiger partial charge in [-0.1, -0.05) is 24.6 Å². The maximum Gasteiger partial charge on any atom is 0.434 e. The van der Waals surface area contributed by atoms with Crippen LogP contribution in [0, 0.1) is 19.7 Å². The van der Waals surface area contributed by atoms with Crippen molar-refractivity contribution in [2.45, 2.75) is 37.6 Å². The van der Waals surface area contributed by atoms with Crippen LogP contribution in [0.4, 0.5) is 4.39 Å². The second-order valence-corrected chi connectivity index (χ2v) is 9.75. The number of aromatic nitrogens is 6. The molecule has 3 N–H and O–H groups in total. The van der Waals surface area contributed by atoms with Crippen molar-refractivity contribution in [3.8, 4) is 11.4 Å². The second kappa shape index (κ2) is 9.08. The van der Waals surface area contributed by atoms with E-state index in [0.717, 1.165) is 5.56 Å². The number of hydrogen-bond acceptors (Lipinski definition) is 8. The van der Waals surface area contributed by atoms with Crippen LogP contribution in [0.5, 0.6) is 0 Å². The number of aromatic amines is 2. The van der Waals surface area contributed by atoms with Crippen LogP contribution in [0.25, 0.3) is 11.4 Å². The Labute approximate surface area is 197 Å². The summed E-state index contributed by atoms with van der Waals surface area (Å²) in [4.78, 5) is 11.5. The van der Waals surface area contributed by atoms with Gasteiger partial charge in [-0.25, -0.2) is 27.8 Å². The van der Waals surface area contributed by atoms with Crippen LogP contribution in [0.1, 0.15) is 41.5 Å². The number of rotatable bonds is 7. The Kier molecular flexibility index (Phi) is 6.34. The molecule has 14 heteroatoms. The zero-order valence-corrected chi connectivity index (χ0v) is 19.7. The largest absolute Gasteiger partial charge is 0.434 e. The number of H-pyrrole nitrogens is 2. The fourth-order valence-corrected chi connectivity index (χ4v) is 5.13. The zero-order chi connectivity index (χ0) is 24.6. The Balaban J connectivity index is 1.78. The van der Waals surface area contributed by atoms with E-state index in [1.807, 2.05) is 6.92 Å². The van der Waals surface area contributed by atoms with Crippen molar-refractivity contribution in [2.24, 2.45) is 0 Å². The molecule has 4 aromatic rings. The highest BCUT2D eigenvalue weighted by Gasteiger charge is 2.33. The molecule has 178 valence electrons. The van der Waals surface area contributed by atoms with E-state index in [9.17, 15) is 17.6 Å². The average molecular weight is 508 g/mol. The third-order valence-electron chi connectivity index (χ3n) is 5.54. The molecule has 0 saturated heterocycles. The molecule has 11 nitrogen and oxygen atoms in total. The molecule has 0 fully saturated rings. The molecule has 0 spiro atoms. The number of nitrogens with one attached hydrogen (secondary N) is 3. The van der Waals surface area contributed by atoms with E-state index < -0.39 is 33.6 Å². The molecule has 34 heavy (non-hydrogen) atoms. The summed E-state index contributed by atoms with van der Waals surface area (Å²) >= 11 is 6.19. The van der Waals surface area contributed by atoms with Crippen molar-refractivity contribution >= 4 is 21.6 Å². The Morgan fingerprint density at radius 1 is 1.18 bits per heavy atom. The van der Waals surface area contributed by atoms with Crippen molar-refractivity contribution in [3.05, 3.63) is 74.3 Å². The summed E-state index contributed by atoms with van der Waals surface area (Å²) in [5.74, 6) is -2.27. The molecule has 2 heterocycles. The lowest BCUT2D eigenvalue weighted by molar-refractivity contribution is 0.377. The third-order valence-corrected chi connectivity index (χ3v) is 7.31. The molecular weight excluding hydrogens is 489 g/mol. The molecule has 2 aromatic carbocycles. The topological polar surface area (TPSA) is 160 Å². The van der Waals surface area contributed by atoms with Gasteiger partial charge in [-0.3, -0.25) is 0 Å². The molecule has 4 rings (SSSR count). The molecule has 2 aromatic heterocycles. The zero-order valence-electron chi connectivity index (χ0n) is 18.1. The SMILES string of the molecule is Cc1ccc(F)c([C@@H](C)[C@H](NS(=O)(=O)c2ccc(Cl)c(-c3nnn[nH]3)c2)c2n[nH]c(=O)o2)c1C. The van der Waals surface area contributed by atoms with Gasteiger partial charge in [0.1, 0.15) is 11.9 Å². The number of benzene rings is 2. The maximum absolute atomic E-state index is 14.8. The van der Waals surface area contributed by atoms with E-state index in [0.29, 0.717) is 5.56 Å². The van der Waals surface area contributed by atoms with E-state index in [4.69, 9.17) is 16.0 Å². The number of hydrogen-bond donors (Lipinski definition) is 3. The molecule has 0 amide bonds. The first-order chi connectivity index (χ1) is 16.1. The highest BCUT2D eigenvalue weighted by molar-refractivity contribution is 7.89. The first kappa shape index (κ1) is 23.7. The van der Waals surface area contributed by atoms with E-state index in [-0.39, 0.29) is 32.8 Å². The summed E-state index contributed by atoms with van der Waals surface area (Å²) in [7, 11) is -4.25. The lowest BCUT2D eigenvalue weighted by atomic mass is 9.88. The van der Waals surface area contributed by atoms with Gasteiger partial charge in [0, 0.05) is 11.5 Å². The number of aryl methyl sites for hydroxylation is 1. The molecule has 2 atom stereocenters. The van der Waals surface area contributed by atoms with Crippen LogP contribution in [-0.2, 0) is 10.0 Å². The molecule has 0 aliphatic carbocycles. The van der Waals surface area contributed by atoms with Crippen LogP contribution in [0.2, 0.25) is 5.02 Å². The van der Waals surface area contributed by atoms with Gasteiger partial charge in [-0.2, -0.15) is 4.72 Å². The Hall–Kier alpha value is -3.42. The average Bonchev–Trinajstić information content (AvgIpc) is 3.47. The van der Waals surface area contributed by atoms with Crippen LogP contribution in [0.3, 0.4) is 0 Å². The lowest BCUT2D eigenvalue weighted by Gasteiger charge is -2.25. The highest BCUT2D eigenvalue weighted by atomic mass is 35.5. The van der Waals surface area contributed by atoms with Crippen molar-refractivity contribution in [2.75, 3.05) is 0 Å². The molecule has 0 aliphatic heterocycles. The van der Waals surface area contributed by atoms with Crippen molar-refractivity contribution in [1.82, 2.24) is 35.5 Å². The quantitative estimate of drug-likeness (QED) is 0.344. The van der Waals surface area contributed by atoms with E-state index in [2.05, 4.69) is 35.5 Å². The van der Waals surface area contributed by atoms with E-state index >= 15 is 0 Å². The summed E-state index contributed by atoms with van der Waals surface area (Å²) < 4.78 is 49.1. The fraction of sp³-hybridized carbons (Fsp3) is 0.250. The molecule has 0 saturated carbocycles. The van der Waals surface area contributed by atoms with Gasteiger partial charge in [0.25, 0.3) is 0 Å². The summed E-state index contributed by atoms with van der Waals surface area (Å²) in [5.41, 5.74) is 1.98. The van der Waals surface area contributed by atoms with Gasteiger partial charge in [0.05, 0.1) is 9.92 Å². The van der Waals surface area contributed by atoms with Gasteiger partial charge in [0.2, 0.25) is 15.9 Å². The lowest BCUT2D eigenvalue weighted by Crippen LogP contribution is -2.33. The minimum atomic E-state index is -4.25. The minimum absolute atomic E-state index is 0.167. The van der Waals surface area contributed by atoms with Gasteiger partial charge in [0.15, 0.2) is 5.82 Å². The minimum Gasteiger partial charge on any atom is -0.391 e. The Morgan fingerprint density at radius 2 is 1.94 bits per heavy atom. The smallest absolute Gasteiger partial charge is 0.391 e. The van der Waals surface area contributed by atoms with Gasteiger partial charge in [-0.15, -0.1) is 10.2 Å². The van der Waals surface area contributed by atoms with Crippen LogP contribution < -0.4 is 10.5 Å². The monoisotopic (exact) mass is 507 g/mol. The molecule has 0 radical (unpaired) electrons. The van der Waals surface area contributed by atoms with E-state index in [1.54, 1.807) is 19.9 Å². The predicted molar refractivity (Wildman–Crippen MR) is 119 cm³/mol. The molecule has 0 aliphatic rings. The first-order valence-corrected chi connectivity index (χ1v) is 11.8. The first-order valence-electron chi connectivity index (χ1n) is 9.95. The van der Waals surface area contributed by atoms with Gasteiger partial charge < -0.3 is 4.42 Å². The fourth-order valence-electron chi connectivity index (χ4n) is 3.63. The van der Waals surface area contributed by atoms with Gasteiger partial charge >= 0.3 is 5.76 Å². The normalized spacial score (nSPS) is 13.7. The molecule has 0 unspecified atom stereocenters. The predicted octanol–water partition coefficient (Wildman–Crippen LogP) is 2.78. The Bertz CT molecular complexity index is 1500. The van der Waals surface area contributed by atoms with Crippen LogP contribution in [-0.4, -0.2) is 39.2 Å². The highest BCUT2D eigenvalue weighted by Crippen LogP contribution is 2.36. The van der Waals surface area contributed by atoms with Crippen LogP contribution in [0.15, 0.2) is 44.4 Å². The van der Waals surface area contributed by atoms with Crippen molar-refractivity contribution in [1.29, 1.82) is 0 Å². The van der Waals surface area contributed by atoms with E-state index in [1.165, 1.54) is 24.3 Å². The summed E-state index contributed by atoms with van der Waals surface area (Å²) in [5, 5.41) is 19.3. The number of tetrazole rings is 1. The standard InChI is InChI=1S/C20H19ClFN7O4S/c1-9-4-7-15(22)16(10(9)2)11(3)17(19-25-26-20(30)33-19)27-34(31,32)12-5-6-14(21)13(8-12)18-23-28-29-24-18/h4-8,11,17,27H,1-3H3,(H,26,30)(H,23,24,28,29)/t11-,17+/m1/s1. The second-order valence-electron chi connectivity index (χ2n) is 7.63. The number of halogens is 2. The molecule has 0 bridgehead atoms. The number of nitrogens with zero attached hydrogens (tertiary/aromatic N) is 4. The molecular formula is C20H19ClFN7O4S. The van der Waals surface area contributed by atoms with Crippen LogP contribution >= 0.6 is 11.6 Å². The van der Waals surface area contributed by atoms with Crippen molar-refractivity contribution < 1.29 is 17.2 Å². The summed E-state index contributed by atoms with van der Waals surface area (Å²) in [6.07, 6.45) is 0. The summed E-state index contributed by atoms with van der Waals surface area (Å²) in [6.45, 7) is 5.15. The van der Waals surface area contributed by atoms with Crippen molar-refractivity contribution in [3.63, 3.8) is 0 Å². The Morgan fingerprint density at radius 3 is 2.59 bits per heavy atom. The number of sulfonamides is 1.